The van der Waals surface area contributed by atoms with Crippen LogP contribution in [0.1, 0.15) is 50.8 Å². The fraction of sp³-hybridized carbons (Fsp3) is 0.476. The molecular formula is C21H23F2N3O2. The number of carbonyl (C=O) groups is 1. The second-order valence-electron chi connectivity index (χ2n) is 8.38. The molecule has 7 heteroatoms. The molecule has 5 nitrogen and oxygen atoms in total. The number of benzene rings is 1. The van der Waals surface area contributed by atoms with E-state index >= 15 is 0 Å². The van der Waals surface area contributed by atoms with Crippen LogP contribution in [0.15, 0.2) is 24.3 Å². The Morgan fingerprint density at radius 2 is 1.93 bits per heavy atom. The Morgan fingerprint density at radius 1 is 1.29 bits per heavy atom. The van der Waals surface area contributed by atoms with Crippen LogP contribution in [-0.2, 0) is 10.3 Å². The van der Waals surface area contributed by atoms with E-state index in [0.29, 0.717) is 12.1 Å². The summed E-state index contributed by atoms with van der Waals surface area (Å²) in [6.07, 6.45) is 0.398. The number of halogens is 2. The third-order valence-electron chi connectivity index (χ3n) is 6.80. The number of hydrogen-bond donors (Lipinski definition) is 1. The van der Waals surface area contributed by atoms with Gasteiger partial charge in [-0.3, -0.25) is 4.79 Å². The number of nitrogens with zero attached hydrogens (tertiary/aromatic N) is 3. The van der Waals surface area contributed by atoms with Crippen molar-refractivity contribution >= 4 is 5.91 Å². The Bertz CT molecular complexity index is 956. The van der Waals surface area contributed by atoms with Crippen molar-refractivity contribution in [2.45, 2.75) is 51.2 Å². The van der Waals surface area contributed by atoms with Crippen LogP contribution in [0.25, 0.3) is 11.3 Å². The lowest BCUT2D eigenvalue weighted by atomic mass is 9.74. The molecule has 1 heterocycles. The lowest BCUT2D eigenvalue weighted by molar-refractivity contribution is -0.148. The van der Waals surface area contributed by atoms with Crippen LogP contribution in [0.4, 0.5) is 8.78 Å². The van der Waals surface area contributed by atoms with Gasteiger partial charge in [-0.1, -0.05) is 19.9 Å². The van der Waals surface area contributed by atoms with Gasteiger partial charge < -0.3 is 10.0 Å². The van der Waals surface area contributed by atoms with E-state index in [0.717, 1.165) is 12.0 Å². The number of aliphatic hydroxyl groups is 1. The Kier molecular flexibility index (Phi) is 4.08. The number of rotatable bonds is 3. The molecule has 2 aliphatic carbocycles. The van der Waals surface area contributed by atoms with Crippen molar-refractivity contribution in [3.05, 3.63) is 47.2 Å². The Hall–Kier alpha value is -2.41. The highest BCUT2D eigenvalue weighted by molar-refractivity contribution is 5.81. The van der Waals surface area contributed by atoms with Crippen LogP contribution < -0.4 is 0 Å². The van der Waals surface area contributed by atoms with Crippen LogP contribution >= 0.6 is 0 Å². The first-order valence-corrected chi connectivity index (χ1v) is 9.41. The van der Waals surface area contributed by atoms with E-state index < -0.39 is 23.3 Å². The first kappa shape index (κ1) is 18.9. The minimum Gasteiger partial charge on any atom is -0.384 e. The van der Waals surface area contributed by atoms with E-state index in [2.05, 4.69) is 24.0 Å². The summed E-state index contributed by atoms with van der Waals surface area (Å²) in [7, 11) is 1.68. The highest BCUT2D eigenvalue weighted by atomic mass is 19.1. The Labute approximate surface area is 162 Å². The maximum Gasteiger partial charge on any atom is 0.251 e. The van der Waals surface area contributed by atoms with Crippen molar-refractivity contribution in [3.8, 4) is 11.3 Å². The molecule has 1 saturated carbocycles. The molecule has 1 amide bonds. The van der Waals surface area contributed by atoms with Gasteiger partial charge in [0.1, 0.15) is 17.7 Å². The van der Waals surface area contributed by atoms with E-state index in [9.17, 15) is 18.7 Å². The molecule has 2 aliphatic rings. The molecule has 1 aromatic carbocycles. The number of hydrogen-bond acceptors (Lipinski definition) is 4. The Morgan fingerprint density at radius 3 is 2.54 bits per heavy atom. The molecule has 0 spiro atoms. The van der Waals surface area contributed by atoms with Crippen molar-refractivity contribution in [1.82, 2.24) is 15.1 Å². The molecule has 2 bridgehead atoms. The molecular weight excluding hydrogens is 364 g/mol. The normalized spacial score (nSPS) is 25.5. The minimum absolute atomic E-state index is 0.0795. The lowest BCUT2D eigenvalue weighted by Gasteiger charge is -2.45. The van der Waals surface area contributed by atoms with Gasteiger partial charge in [0.25, 0.3) is 5.91 Å². The van der Waals surface area contributed by atoms with E-state index in [1.165, 1.54) is 25.1 Å². The fourth-order valence-corrected chi connectivity index (χ4v) is 5.38. The third-order valence-corrected chi connectivity index (χ3v) is 6.80. The van der Waals surface area contributed by atoms with Crippen molar-refractivity contribution in [3.63, 3.8) is 0 Å². The molecule has 1 aromatic heterocycles. The van der Waals surface area contributed by atoms with Gasteiger partial charge >= 0.3 is 0 Å². The number of carbonyl (C=O) groups excluding carboxylic acids is 1. The first-order valence-electron chi connectivity index (χ1n) is 9.41. The van der Waals surface area contributed by atoms with Gasteiger partial charge in [0, 0.05) is 12.5 Å². The van der Waals surface area contributed by atoms with Crippen molar-refractivity contribution in [2.24, 2.45) is 5.41 Å². The number of aromatic nitrogens is 2. The van der Waals surface area contributed by atoms with Gasteiger partial charge in [-0.25, -0.2) is 8.78 Å². The maximum absolute atomic E-state index is 14.2. The zero-order valence-electron chi connectivity index (χ0n) is 16.3. The average Bonchev–Trinajstić information content (AvgIpc) is 3.02. The molecule has 3 atom stereocenters. The molecule has 1 N–H and O–H groups in total. The van der Waals surface area contributed by atoms with Crippen molar-refractivity contribution in [1.29, 1.82) is 0 Å². The van der Waals surface area contributed by atoms with Gasteiger partial charge in [0.05, 0.1) is 22.5 Å². The summed E-state index contributed by atoms with van der Waals surface area (Å²) in [5, 5.41) is 18.3. The van der Waals surface area contributed by atoms with Gasteiger partial charge in [0.2, 0.25) is 0 Å². The molecule has 0 saturated heterocycles. The number of fused-ring (bicyclic) bond motifs is 5. The second-order valence-corrected chi connectivity index (χ2v) is 8.38. The predicted molar refractivity (Wildman–Crippen MR) is 99.3 cm³/mol. The van der Waals surface area contributed by atoms with Gasteiger partial charge in [-0.05, 0) is 49.4 Å². The lowest BCUT2D eigenvalue weighted by Crippen LogP contribution is -2.54. The summed E-state index contributed by atoms with van der Waals surface area (Å²) >= 11 is 0. The van der Waals surface area contributed by atoms with Crippen molar-refractivity contribution < 1.29 is 18.7 Å². The van der Waals surface area contributed by atoms with Crippen LogP contribution in [0.2, 0.25) is 0 Å². The molecule has 1 fully saturated rings. The summed E-state index contributed by atoms with van der Waals surface area (Å²) in [6, 6.07) is 5.41. The second kappa shape index (κ2) is 6.04. The maximum atomic E-state index is 14.2. The van der Waals surface area contributed by atoms with Crippen LogP contribution in [0.3, 0.4) is 0 Å². The SMILES string of the molecule is C[C@H](O)C(=O)N(C)[C@@]12CC[C@@H](c3cc(-c4c(F)cccc4F)nnc31)C2(C)C. The van der Waals surface area contributed by atoms with Crippen molar-refractivity contribution in [2.75, 3.05) is 7.05 Å². The van der Waals surface area contributed by atoms with Crippen LogP contribution in [0, 0.1) is 17.0 Å². The highest BCUT2D eigenvalue weighted by Gasteiger charge is 2.66. The monoisotopic (exact) mass is 387 g/mol. The molecule has 0 radical (unpaired) electrons. The number of aliphatic hydroxyl groups excluding tert-OH is 1. The van der Waals surface area contributed by atoms with E-state index in [4.69, 9.17) is 0 Å². The summed E-state index contributed by atoms with van der Waals surface area (Å²) in [4.78, 5) is 14.2. The van der Waals surface area contributed by atoms with E-state index in [-0.39, 0.29) is 28.5 Å². The largest absolute Gasteiger partial charge is 0.384 e. The molecule has 2 aromatic rings. The van der Waals surface area contributed by atoms with Crippen LogP contribution in [0.5, 0.6) is 0 Å². The zero-order valence-corrected chi connectivity index (χ0v) is 16.3. The molecule has 4 rings (SSSR count). The van der Waals surface area contributed by atoms with Gasteiger partial charge in [0.15, 0.2) is 0 Å². The molecule has 0 unspecified atom stereocenters. The summed E-state index contributed by atoms with van der Waals surface area (Å²) in [6.45, 7) is 5.59. The number of likely N-dealkylation sites (N-methyl/N-ethyl adjacent to an activating group) is 1. The van der Waals surface area contributed by atoms with E-state index in [1.807, 2.05) is 0 Å². The molecule has 148 valence electrons. The first-order chi connectivity index (χ1) is 13.1. The third kappa shape index (κ3) is 2.22. The van der Waals surface area contributed by atoms with Gasteiger partial charge in [-0.2, -0.15) is 5.10 Å². The predicted octanol–water partition coefficient (Wildman–Crippen LogP) is 3.37. The van der Waals surface area contributed by atoms with E-state index in [1.54, 1.807) is 18.0 Å². The fourth-order valence-electron chi connectivity index (χ4n) is 5.38. The number of amides is 1. The molecule has 28 heavy (non-hydrogen) atoms. The smallest absolute Gasteiger partial charge is 0.251 e. The summed E-state index contributed by atoms with van der Waals surface area (Å²) in [5.41, 5.74) is 0.425. The van der Waals surface area contributed by atoms with Crippen LogP contribution in [-0.4, -0.2) is 39.3 Å². The summed E-state index contributed by atoms with van der Waals surface area (Å²) in [5.74, 6) is -1.68. The minimum atomic E-state index is -1.13. The topological polar surface area (TPSA) is 66.3 Å². The average molecular weight is 387 g/mol. The summed E-state index contributed by atoms with van der Waals surface area (Å²) < 4.78 is 28.5. The quantitative estimate of drug-likeness (QED) is 0.877. The molecule has 0 aliphatic heterocycles. The standard InChI is InChI=1S/C21H23F2N3O2/c1-11(27)19(28)26(4)21-9-8-13(20(21,2)3)12-10-16(24-25-18(12)21)17-14(22)6-5-7-15(17)23/h5-7,10-11,13,27H,8-9H2,1-4H3/t11-,13-,21-/m0/s1. The highest BCUT2D eigenvalue weighted by Crippen LogP contribution is 2.68. The zero-order chi connectivity index (χ0) is 20.4. The Balaban J connectivity index is 1.89. The van der Waals surface area contributed by atoms with Gasteiger partial charge in [-0.15, -0.1) is 5.10 Å².